The molecule has 0 fully saturated rings. The molecule has 1 nitrogen and oxygen atoms in total. The first kappa shape index (κ1) is 16.3. The predicted octanol–water partition coefficient (Wildman–Crippen LogP) is 5.33. The van der Waals surface area contributed by atoms with Gasteiger partial charge in [0.15, 0.2) is 0 Å². The summed E-state index contributed by atoms with van der Waals surface area (Å²) in [6, 6.07) is 14.6. The highest BCUT2D eigenvalue weighted by Gasteiger charge is 2.15. The van der Waals surface area contributed by atoms with Crippen LogP contribution in [0.15, 0.2) is 46.9 Å². The molecule has 2 aromatic rings. The summed E-state index contributed by atoms with van der Waals surface area (Å²) in [6.07, 6.45) is 0.186. The average Bonchev–Trinajstić information content (AvgIpc) is 2.38. The first-order chi connectivity index (χ1) is 9.77. The molecule has 0 heterocycles. The molecule has 112 valence electrons. The molecule has 0 spiro atoms. The van der Waals surface area contributed by atoms with Gasteiger partial charge in [0.05, 0.1) is 6.10 Å². The van der Waals surface area contributed by atoms with Crippen molar-refractivity contribution in [1.82, 2.24) is 0 Å². The summed E-state index contributed by atoms with van der Waals surface area (Å²) in [5.74, 6) is 0. The molecule has 0 aromatic heterocycles. The number of aliphatic hydroxyl groups excluding tert-OH is 1. The lowest BCUT2D eigenvalue weighted by Crippen LogP contribution is -2.11. The van der Waals surface area contributed by atoms with Crippen LogP contribution in [0.1, 0.15) is 49.1 Å². The fraction of sp³-hybridized carbons (Fsp3) is 0.368. The van der Waals surface area contributed by atoms with Gasteiger partial charge in [-0.05, 0) is 46.7 Å². The first-order valence-corrected chi connectivity index (χ1v) is 8.10. The minimum Gasteiger partial charge on any atom is -0.388 e. The van der Waals surface area contributed by atoms with Crippen LogP contribution in [-0.4, -0.2) is 5.11 Å². The number of benzene rings is 2. The molecule has 0 aliphatic carbocycles. The third kappa shape index (κ3) is 4.18. The van der Waals surface area contributed by atoms with Gasteiger partial charge in [-0.1, -0.05) is 67.0 Å². The highest BCUT2D eigenvalue weighted by Crippen LogP contribution is 2.26. The molecule has 0 radical (unpaired) electrons. The Morgan fingerprint density at radius 3 is 2.19 bits per heavy atom. The normalized spacial score (nSPS) is 13.2. The van der Waals surface area contributed by atoms with Crippen molar-refractivity contribution in [3.63, 3.8) is 0 Å². The summed E-state index contributed by atoms with van der Waals surface area (Å²) >= 11 is 3.46. The van der Waals surface area contributed by atoms with E-state index in [4.69, 9.17) is 0 Å². The van der Waals surface area contributed by atoms with Gasteiger partial charge in [-0.3, -0.25) is 0 Å². The number of halogens is 1. The van der Waals surface area contributed by atoms with Crippen LogP contribution < -0.4 is 0 Å². The Morgan fingerprint density at radius 1 is 1.05 bits per heavy atom. The molecule has 0 saturated carbocycles. The Kier molecular flexibility index (Phi) is 4.90. The molecule has 0 aliphatic rings. The number of aryl methyl sites for hydroxylation is 1. The standard InChI is InChI=1S/C19H23BrO/c1-13-11-16(20)9-10-17(13)18(21)12-14-5-7-15(8-6-14)19(2,3)4/h5-11,18,21H,12H2,1-4H3. The zero-order valence-corrected chi connectivity index (χ0v) is 14.7. The van der Waals surface area contributed by atoms with Crippen LogP contribution in [0.5, 0.6) is 0 Å². The van der Waals surface area contributed by atoms with E-state index in [2.05, 4.69) is 61.0 Å². The quantitative estimate of drug-likeness (QED) is 0.795. The molecular formula is C19H23BrO. The van der Waals surface area contributed by atoms with Crippen molar-refractivity contribution in [3.05, 3.63) is 69.2 Å². The number of rotatable bonds is 3. The van der Waals surface area contributed by atoms with Gasteiger partial charge in [-0.15, -0.1) is 0 Å². The second-order valence-electron chi connectivity index (χ2n) is 6.67. The van der Waals surface area contributed by atoms with Crippen molar-refractivity contribution in [2.45, 2.75) is 45.6 Å². The molecule has 1 unspecified atom stereocenters. The number of aliphatic hydroxyl groups is 1. The topological polar surface area (TPSA) is 20.2 Å². The van der Waals surface area contributed by atoms with Gasteiger partial charge in [0.1, 0.15) is 0 Å². The summed E-state index contributed by atoms with van der Waals surface area (Å²) in [6.45, 7) is 8.66. The average molecular weight is 347 g/mol. The largest absolute Gasteiger partial charge is 0.388 e. The Balaban J connectivity index is 2.14. The smallest absolute Gasteiger partial charge is 0.0832 e. The van der Waals surface area contributed by atoms with Crippen LogP contribution in [-0.2, 0) is 11.8 Å². The summed E-state index contributed by atoms with van der Waals surface area (Å²) in [7, 11) is 0. The maximum atomic E-state index is 10.5. The van der Waals surface area contributed by atoms with E-state index < -0.39 is 6.10 Å². The summed E-state index contributed by atoms with van der Waals surface area (Å²) in [5, 5.41) is 10.5. The van der Waals surface area contributed by atoms with Crippen molar-refractivity contribution < 1.29 is 5.11 Å². The fourth-order valence-electron chi connectivity index (χ4n) is 2.49. The number of hydrogen-bond donors (Lipinski definition) is 1. The van der Waals surface area contributed by atoms with Gasteiger partial charge >= 0.3 is 0 Å². The first-order valence-electron chi connectivity index (χ1n) is 7.31. The van der Waals surface area contributed by atoms with Crippen molar-refractivity contribution in [3.8, 4) is 0 Å². The Labute approximate surface area is 136 Å². The van der Waals surface area contributed by atoms with Crippen LogP contribution in [0, 0.1) is 6.92 Å². The lowest BCUT2D eigenvalue weighted by molar-refractivity contribution is 0.177. The SMILES string of the molecule is Cc1cc(Br)ccc1C(O)Cc1ccc(C(C)(C)C)cc1. The molecule has 21 heavy (non-hydrogen) atoms. The van der Waals surface area contributed by atoms with E-state index in [0.29, 0.717) is 6.42 Å². The van der Waals surface area contributed by atoms with E-state index in [1.54, 1.807) is 0 Å². The lowest BCUT2D eigenvalue weighted by atomic mass is 9.86. The predicted molar refractivity (Wildman–Crippen MR) is 92.7 cm³/mol. The second kappa shape index (κ2) is 6.33. The zero-order chi connectivity index (χ0) is 15.6. The van der Waals surface area contributed by atoms with Gasteiger partial charge in [0.25, 0.3) is 0 Å². The lowest BCUT2D eigenvalue weighted by Gasteiger charge is -2.20. The highest BCUT2D eigenvalue weighted by molar-refractivity contribution is 9.10. The Bertz CT molecular complexity index is 608. The Morgan fingerprint density at radius 2 is 1.67 bits per heavy atom. The maximum Gasteiger partial charge on any atom is 0.0832 e. The Hall–Kier alpha value is -1.12. The van der Waals surface area contributed by atoms with Gasteiger partial charge in [-0.25, -0.2) is 0 Å². The molecule has 2 rings (SSSR count). The minimum absolute atomic E-state index is 0.166. The van der Waals surface area contributed by atoms with Crippen molar-refractivity contribution in [2.75, 3.05) is 0 Å². The fourth-order valence-corrected chi connectivity index (χ4v) is 2.96. The van der Waals surface area contributed by atoms with Crippen molar-refractivity contribution >= 4 is 15.9 Å². The summed E-state index contributed by atoms with van der Waals surface area (Å²) in [4.78, 5) is 0. The van der Waals surface area contributed by atoms with Crippen LogP contribution in [0.25, 0.3) is 0 Å². The van der Waals surface area contributed by atoms with E-state index in [9.17, 15) is 5.11 Å². The molecule has 1 N–H and O–H groups in total. The molecule has 2 heteroatoms. The van der Waals surface area contributed by atoms with E-state index in [-0.39, 0.29) is 5.41 Å². The van der Waals surface area contributed by atoms with E-state index in [1.807, 2.05) is 25.1 Å². The van der Waals surface area contributed by atoms with Crippen LogP contribution >= 0.6 is 15.9 Å². The summed E-state index contributed by atoms with van der Waals surface area (Å²) < 4.78 is 1.05. The summed E-state index contributed by atoms with van der Waals surface area (Å²) in [5.41, 5.74) is 4.76. The third-order valence-electron chi connectivity index (χ3n) is 3.84. The highest BCUT2D eigenvalue weighted by atomic mass is 79.9. The van der Waals surface area contributed by atoms with Gasteiger partial charge < -0.3 is 5.11 Å². The van der Waals surface area contributed by atoms with Crippen LogP contribution in [0.2, 0.25) is 0 Å². The van der Waals surface area contributed by atoms with Crippen molar-refractivity contribution in [2.24, 2.45) is 0 Å². The minimum atomic E-state index is -0.460. The van der Waals surface area contributed by atoms with Gasteiger partial charge in [0.2, 0.25) is 0 Å². The van der Waals surface area contributed by atoms with Crippen LogP contribution in [0.3, 0.4) is 0 Å². The molecule has 0 aliphatic heterocycles. The molecular weight excluding hydrogens is 324 g/mol. The third-order valence-corrected chi connectivity index (χ3v) is 4.33. The zero-order valence-electron chi connectivity index (χ0n) is 13.2. The molecule has 0 saturated heterocycles. The van der Waals surface area contributed by atoms with Crippen LogP contribution in [0.4, 0.5) is 0 Å². The molecule has 1 atom stereocenters. The number of hydrogen-bond acceptors (Lipinski definition) is 1. The van der Waals surface area contributed by atoms with Crippen molar-refractivity contribution in [1.29, 1.82) is 0 Å². The van der Waals surface area contributed by atoms with E-state index in [0.717, 1.165) is 21.2 Å². The van der Waals surface area contributed by atoms with E-state index in [1.165, 1.54) is 5.56 Å². The molecule has 0 bridgehead atoms. The van der Waals surface area contributed by atoms with Gasteiger partial charge in [-0.2, -0.15) is 0 Å². The molecule has 2 aromatic carbocycles. The maximum absolute atomic E-state index is 10.5. The monoisotopic (exact) mass is 346 g/mol. The second-order valence-corrected chi connectivity index (χ2v) is 7.58. The van der Waals surface area contributed by atoms with E-state index >= 15 is 0 Å². The molecule has 0 amide bonds. The van der Waals surface area contributed by atoms with Gasteiger partial charge in [0, 0.05) is 10.9 Å².